The average molecular weight is 581 g/mol. The molecule has 0 spiro atoms. The van der Waals surface area contributed by atoms with E-state index in [9.17, 15) is 31.2 Å². The average Bonchev–Trinajstić information content (AvgIpc) is 2.87. The number of nitrogens with one attached hydrogen (secondary N) is 1. The first-order valence-electron chi connectivity index (χ1n) is 11.8. The second kappa shape index (κ2) is 11.3. The molecular formula is C27H24ClF3N2O5S. The lowest BCUT2D eigenvalue weighted by Gasteiger charge is -2.39. The van der Waals surface area contributed by atoms with Crippen LogP contribution >= 0.6 is 11.6 Å². The Labute approximate surface area is 228 Å². The second-order valence-corrected chi connectivity index (χ2v) is 11.5. The minimum atomic E-state index is -4.96. The number of carbonyl (C=O) groups excluding carboxylic acids is 2. The summed E-state index contributed by atoms with van der Waals surface area (Å²) >= 11 is 6.14. The van der Waals surface area contributed by atoms with Gasteiger partial charge in [0.25, 0.3) is 11.8 Å². The van der Waals surface area contributed by atoms with E-state index in [2.05, 4.69) is 10.1 Å². The van der Waals surface area contributed by atoms with Crippen LogP contribution in [0.4, 0.5) is 13.2 Å². The molecule has 3 aromatic carbocycles. The van der Waals surface area contributed by atoms with E-state index in [4.69, 9.17) is 11.6 Å². The highest BCUT2D eigenvalue weighted by Gasteiger charge is 2.36. The van der Waals surface area contributed by atoms with Crippen LogP contribution in [0.3, 0.4) is 0 Å². The van der Waals surface area contributed by atoms with Gasteiger partial charge in [-0.2, -0.15) is 0 Å². The molecule has 0 unspecified atom stereocenters. The number of benzene rings is 3. The SMILES string of the molecule is CS(=O)(=O)c1ccc(C(=O)N2CC[C@@H](NC(=O)c3ccccc3OC(F)(F)F)[C@H](c3ccccc3)C2)cc1Cl. The molecule has 206 valence electrons. The number of hydrogen-bond donors (Lipinski definition) is 1. The number of piperidine rings is 1. The molecule has 4 rings (SSSR count). The molecule has 1 saturated heterocycles. The molecule has 7 nitrogen and oxygen atoms in total. The molecule has 0 aliphatic carbocycles. The Kier molecular flexibility index (Phi) is 8.22. The molecule has 0 saturated carbocycles. The van der Waals surface area contributed by atoms with Crippen LogP contribution in [0.25, 0.3) is 0 Å². The van der Waals surface area contributed by atoms with E-state index < -0.39 is 33.9 Å². The zero-order chi connectivity index (χ0) is 28.4. The number of rotatable bonds is 6. The van der Waals surface area contributed by atoms with Gasteiger partial charge in [0, 0.05) is 36.9 Å². The van der Waals surface area contributed by atoms with Crippen molar-refractivity contribution in [3.8, 4) is 5.75 Å². The summed E-state index contributed by atoms with van der Waals surface area (Å²) in [5.74, 6) is -2.09. The number of sulfone groups is 1. The minimum Gasteiger partial charge on any atom is -0.405 e. The van der Waals surface area contributed by atoms with Crippen molar-refractivity contribution in [2.75, 3.05) is 19.3 Å². The number of alkyl halides is 3. The van der Waals surface area contributed by atoms with Crippen LogP contribution in [0.2, 0.25) is 5.02 Å². The fourth-order valence-electron chi connectivity index (χ4n) is 4.58. The zero-order valence-electron chi connectivity index (χ0n) is 20.6. The molecule has 1 heterocycles. The first-order valence-corrected chi connectivity index (χ1v) is 14.1. The number of likely N-dealkylation sites (tertiary alicyclic amines) is 1. The van der Waals surface area contributed by atoms with E-state index >= 15 is 0 Å². The summed E-state index contributed by atoms with van der Waals surface area (Å²) in [6, 6.07) is 17.7. The van der Waals surface area contributed by atoms with E-state index in [0.29, 0.717) is 6.42 Å². The largest absolute Gasteiger partial charge is 0.573 e. The number of carbonyl (C=O) groups is 2. The highest BCUT2D eigenvalue weighted by Crippen LogP contribution is 2.31. The molecule has 12 heteroatoms. The van der Waals surface area contributed by atoms with Crippen molar-refractivity contribution in [3.63, 3.8) is 0 Å². The number of ether oxygens (including phenoxy) is 1. The summed E-state index contributed by atoms with van der Waals surface area (Å²) in [7, 11) is -3.57. The highest BCUT2D eigenvalue weighted by molar-refractivity contribution is 7.90. The molecule has 3 aromatic rings. The lowest BCUT2D eigenvalue weighted by molar-refractivity contribution is -0.274. The van der Waals surface area contributed by atoms with Crippen molar-refractivity contribution >= 4 is 33.3 Å². The van der Waals surface area contributed by atoms with Crippen LogP contribution in [-0.4, -0.2) is 56.9 Å². The number of halogens is 4. The summed E-state index contributed by atoms with van der Waals surface area (Å²) in [6.07, 6.45) is -3.63. The summed E-state index contributed by atoms with van der Waals surface area (Å²) in [5, 5.41) is 2.77. The molecule has 0 aromatic heterocycles. The van der Waals surface area contributed by atoms with Crippen molar-refractivity contribution in [1.82, 2.24) is 10.2 Å². The Hall–Kier alpha value is -3.57. The molecule has 1 aliphatic heterocycles. The van der Waals surface area contributed by atoms with E-state index in [1.54, 1.807) is 4.90 Å². The predicted octanol–water partition coefficient (Wildman–Crippen LogP) is 5.07. The Bertz CT molecular complexity index is 1480. The third kappa shape index (κ3) is 6.90. The minimum absolute atomic E-state index is 0.0650. The topological polar surface area (TPSA) is 92.8 Å². The van der Waals surface area contributed by atoms with Gasteiger partial charge in [0.2, 0.25) is 0 Å². The third-order valence-electron chi connectivity index (χ3n) is 6.38. The standard InChI is InChI=1S/C27H24ClF3N2O5S/c1-39(36,37)24-12-11-18(15-21(24)28)26(35)33-14-13-22(20(16-33)17-7-3-2-4-8-17)32-25(34)19-9-5-6-10-23(19)38-27(29,30)31/h2-12,15,20,22H,13-14,16H2,1H3,(H,32,34)/t20-,22+/m0/s1. The molecule has 0 radical (unpaired) electrons. The van der Waals surface area contributed by atoms with Crippen LogP contribution in [-0.2, 0) is 9.84 Å². The summed E-state index contributed by atoms with van der Waals surface area (Å²) in [4.78, 5) is 27.9. The van der Waals surface area contributed by atoms with Gasteiger partial charge in [0.1, 0.15) is 5.75 Å². The van der Waals surface area contributed by atoms with Crippen LogP contribution in [0.1, 0.15) is 38.6 Å². The van der Waals surface area contributed by atoms with Crippen LogP contribution in [0, 0.1) is 0 Å². The maximum atomic E-state index is 13.3. The zero-order valence-corrected chi connectivity index (χ0v) is 22.2. The molecule has 0 bridgehead atoms. The maximum Gasteiger partial charge on any atom is 0.573 e. The number of para-hydroxylation sites is 1. The van der Waals surface area contributed by atoms with E-state index in [-0.39, 0.29) is 46.0 Å². The van der Waals surface area contributed by atoms with E-state index in [1.807, 2.05) is 30.3 Å². The molecule has 1 aliphatic rings. The number of nitrogens with zero attached hydrogens (tertiary/aromatic N) is 1. The fourth-order valence-corrected chi connectivity index (χ4v) is 5.91. The quantitative estimate of drug-likeness (QED) is 0.439. The Morgan fingerprint density at radius 1 is 1.03 bits per heavy atom. The molecule has 39 heavy (non-hydrogen) atoms. The Balaban J connectivity index is 1.57. The van der Waals surface area contributed by atoms with Crippen molar-refractivity contribution in [3.05, 3.63) is 94.5 Å². The first kappa shape index (κ1) is 28.4. The maximum absolute atomic E-state index is 13.3. The van der Waals surface area contributed by atoms with Gasteiger partial charge in [0.05, 0.1) is 15.5 Å². The monoisotopic (exact) mass is 580 g/mol. The molecular weight excluding hydrogens is 557 g/mol. The summed E-state index contributed by atoms with van der Waals surface area (Å²) in [5.41, 5.74) is 0.770. The lowest BCUT2D eigenvalue weighted by atomic mass is 9.85. The van der Waals surface area contributed by atoms with Crippen LogP contribution in [0.5, 0.6) is 5.75 Å². The Morgan fingerprint density at radius 3 is 2.33 bits per heavy atom. The number of amides is 2. The molecule has 1 N–H and O–H groups in total. The smallest absolute Gasteiger partial charge is 0.405 e. The van der Waals surface area contributed by atoms with Crippen molar-refractivity contribution in [2.45, 2.75) is 29.6 Å². The van der Waals surface area contributed by atoms with Gasteiger partial charge in [-0.25, -0.2) is 8.42 Å². The molecule has 2 amide bonds. The summed E-state index contributed by atoms with van der Waals surface area (Å²) < 4.78 is 66.4. The molecule has 1 fully saturated rings. The molecule has 2 atom stereocenters. The second-order valence-electron chi connectivity index (χ2n) is 9.10. The van der Waals surface area contributed by atoms with Crippen molar-refractivity contribution in [2.24, 2.45) is 0 Å². The Morgan fingerprint density at radius 2 is 1.69 bits per heavy atom. The third-order valence-corrected chi connectivity index (χ3v) is 7.96. The van der Waals surface area contributed by atoms with Crippen LogP contribution < -0.4 is 10.1 Å². The lowest BCUT2D eigenvalue weighted by Crippen LogP contribution is -2.51. The van der Waals surface area contributed by atoms with E-state index in [0.717, 1.165) is 17.9 Å². The summed E-state index contributed by atoms with van der Waals surface area (Å²) in [6.45, 7) is 0.430. The van der Waals surface area contributed by atoms with Gasteiger partial charge in [-0.3, -0.25) is 9.59 Å². The highest BCUT2D eigenvalue weighted by atomic mass is 35.5. The van der Waals surface area contributed by atoms with Gasteiger partial charge in [-0.15, -0.1) is 13.2 Å². The van der Waals surface area contributed by atoms with Crippen molar-refractivity contribution in [1.29, 1.82) is 0 Å². The fraction of sp³-hybridized carbons (Fsp3) is 0.259. The first-order chi connectivity index (χ1) is 18.3. The normalized spacial score (nSPS) is 17.9. The van der Waals surface area contributed by atoms with Gasteiger partial charge in [-0.05, 0) is 42.3 Å². The van der Waals surface area contributed by atoms with Gasteiger partial charge < -0.3 is 15.0 Å². The van der Waals surface area contributed by atoms with Gasteiger partial charge in [0.15, 0.2) is 9.84 Å². The predicted molar refractivity (Wildman–Crippen MR) is 139 cm³/mol. The van der Waals surface area contributed by atoms with E-state index in [1.165, 1.54) is 36.4 Å². The van der Waals surface area contributed by atoms with Gasteiger partial charge >= 0.3 is 6.36 Å². The van der Waals surface area contributed by atoms with Gasteiger partial charge in [-0.1, -0.05) is 54.1 Å². The van der Waals surface area contributed by atoms with Crippen LogP contribution in [0.15, 0.2) is 77.7 Å². The number of hydrogen-bond acceptors (Lipinski definition) is 5. The van der Waals surface area contributed by atoms with Crippen molar-refractivity contribution < 1.29 is 35.9 Å².